The van der Waals surface area contributed by atoms with Crippen molar-refractivity contribution in [1.29, 1.82) is 1.45 Å². The van der Waals surface area contributed by atoms with Crippen LogP contribution in [0.1, 0.15) is 6.42 Å². The molecule has 0 aromatic carbocycles. The van der Waals surface area contributed by atoms with Crippen LogP contribution in [0, 0.1) is 0 Å². The summed E-state index contributed by atoms with van der Waals surface area (Å²) >= 11 is 0. The van der Waals surface area contributed by atoms with Crippen LogP contribution in [0.5, 0.6) is 0 Å². The van der Waals surface area contributed by atoms with Gasteiger partial charge in [-0.05, 0) is 0 Å². The Kier molecular flexibility index (Phi) is 8.03. The summed E-state index contributed by atoms with van der Waals surface area (Å²) in [5.41, 5.74) is 0. The fourth-order valence-corrected chi connectivity index (χ4v) is 1.27. The Morgan fingerprint density at radius 1 is 1.67 bits per heavy atom. The van der Waals surface area contributed by atoms with Gasteiger partial charge in [-0.15, -0.1) is 0 Å². The zero-order valence-electron chi connectivity index (χ0n) is 10.1. The van der Waals surface area contributed by atoms with Crippen LogP contribution in [-0.4, -0.2) is 60.2 Å². The molecule has 1 rings (SSSR count). The van der Waals surface area contributed by atoms with Crippen molar-refractivity contribution in [2.75, 3.05) is 40.6 Å². The van der Waals surface area contributed by atoms with E-state index in [9.17, 15) is 4.79 Å². The van der Waals surface area contributed by atoms with Crippen molar-refractivity contribution in [3.05, 3.63) is 0 Å². The second kappa shape index (κ2) is 8.49. The van der Waals surface area contributed by atoms with Gasteiger partial charge in [-0.25, -0.2) is 0 Å². The van der Waals surface area contributed by atoms with Crippen LogP contribution < -0.4 is 0 Å². The zero-order chi connectivity index (χ0) is 13.0. The van der Waals surface area contributed by atoms with Crippen LogP contribution in [-0.2, 0) is 19.0 Å². The van der Waals surface area contributed by atoms with Crippen molar-refractivity contribution in [2.45, 2.75) is 6.42 Å². The number of esters is 1. The van der Waals surface area contributed by atoms with Gasteiger partial charge in [-0.3, -0.25) is 9.51 Å². The van der Waals surface area contributed by atoms with Crippen LogP contribution in [0.4, 0.5) is 4.72 Å². The van der Waals surface area contributed by atoms with E-state index in [0.717, 1.165) is 30.9 Å². The molecule has 5 nitrogen and oxygen atoms in total. The summed E-state index contributed by atoms with van der Waals surface area (Å²) in [5, 5.41) is 0. The molecule has 0 amide bonds. The minimum atomic E-state index is -0.138. The van der Waals surface area contributed by atoms with Gasteiger partial charge in [0, 0.05) is 0 Å². The molecule has 0 N–H and O–H groups in total. The first kappa shape index (κ1) is 14.2. The summed E-state index contributed by atoms with van der Waals surface area (Å²) in [4.78, 5) is 10.8. The number of halogens is 1. The number of carbonyl (C=O) groups excluding carboxylic acids is 1. The van der Waals surface area contributed by atoms with Crippen LogP contribution >= 0.6 is 0 Å². The number of hydrogen-bond acceptors (Lipinski definition) is 4. The Bertz CT molecular complexity index is 193. The van der Waals surface area contributed by atoms with E-state index in [4.69, 9.17) is 14.2 Å². The number of rotatable bonds is 3. The van der Waals surface area contributed by atoms with Gasteiger partial charge in [0.2, 0.25) is 0 Å². The normalized spacial score (nSPS) is 23.7. The SMILES string of the molecule is COC(=O)CC[N+]1(C)CCOC1.[2H]F.[B]=O. The van der Waals surface area contributed by atoms with Gasteiger partial charge in [-0.2, -0.15) is 0 Å². The van der Waals surface area contributed by atoms with Gasteiger partial charge in [0.1, 0.15) is 13.2 Å². The fourth-order valence-electron chi connectivity index (χ4n) is 1.27. The second-order valence-corrected chi connectivity index (χ2v) is 3.43. The summed E-state index contributed by atoms with van der Waals surface area (Å²) < 4.78 is 31.4. The third kappa shape index (κ3) is 6.30. The van der Waals surface area contributed by atoms with Gasteiger partial charge < -0.3 is 14.0 Å². The van der Waals surface area contributed by atoms with E-state index >= 15 is 0 Å². The van der Waals surface area contributed by atoms with E-state index < -0.39 is 0 Å². The maximum atomic E-state index is 10.8. The average molecular weight is 222 g/mol. The van der Waals surface area contributed by atoms with Crippen molar-refractivity contribution in [3.8, 4) is 0 Å². The number of hydrogen-bond donors (Lipinski definition) is 0. The van der Waals surface area contributed by atoms with Crippen molar-refractivity contribution < 1.29 is 28.2 Å². The van der Waals surface area contributed by atoms with E-state index in [0.29, 0.717) is 6.42 Å². The summed E-state index contributed by atoms with van der Waals surface area (Å²) in [6.45, 7) is 3.33. The molecule has 0 aliphatic carbocycles. The molecule has 1 fully saturated rings. The van der Waals surface area contributed by atoms with Crippen LogP contribution in [0.15, 0.2) is 0 Å². The van der Waals surface area contributed by atoms with Crippen molar-refractivity contribution in [1.82, 2.24) is 0 Å². The Hall–Kier alpha value is -0.815. The number of quaternary nitrogens is 1. The molecule has 1 aliphatic rings. The molecule has 1 aliphatic heterocycles. The molecule has 1 radical (unpaired) electrons. The van der Waals surface area contributed by atoms with E-state index in [1.807, 2.05) is 0 Å². The summed E-state index contributed by atoms with van der Waals surface area (Å²) in [6.07, 6.45) is 0.482. The van der Waals surface area contributed by atoms with E-state index in [1.165, 1.54) is 7.11 Å². The molecule has 1 saturated heterocycles. The van der Waals surface area contributed by atoms with Gasteiger partial charge >= 0.3 is 18.4 Å². The molecule has 1 heterocycles. The Balaban J connectivity index is 0. The third-order valence-corrected chi connectivity index (χ3v) is 2.26. The van der Waals surface area contributed by atoms with Gasteiger partial charge in [0.05, 0.1) is 27.1 Å². The fraction of sp³-hybridized carbons (Fsp3) is 0.875. The van der Waals surface area contributed by atoms with Crippen LogP contribution in [0.2, 0.25) is 0 Å². The average Bonchev–Trinajstić information content (AvgIpc) is 2.79. The number of nitrogens with zero attached hydrogens (tertiary/aromatic N) is 1. The standard InChI is InChI=1S/C8H16NO3.BO.FH/c1-9(5-6-12-7-9)4-3-8(10)11-2;1-2;/h3-7H2,1-2H3;;1H/q+1;;/i/hD. The van der Waals surface area contributed by atoms with Gasteiger partial charge in [0.15, 0.2) is 6.73 Å². The maximum absolute atomic E-state index is 10.8. The number of ether oxygens (including phenoxy) is 2. The molecule has 7 heteroatoms. The molecule has 0 spiro atoms. The first-order valence-corrected chi connectivity index (χ1v) is 4.38. The monoisotopic (exact) mass is 222 g/mol. The predicted octanol–water partition coefficient (Wildman–Crippen LogP) is -0.363. The molecule has 1 atom stereocenters. The van der Waals surface area contributed by atoms with E-state index in [1.54, 1.807) is 0 Å². The Labute approximate surface area is 91.2 Å². The van der Waals surface area contributed by atoms with Crippen molar-refractivity contribution in [3.63, 3.8) is 0 Å². The summed E-state index contributed by atoms with van der Waals surface area (Å²) in [6, 6.07) is 0. The quantitative estimate of drug-likeness (QED) is 0.371. The summed E-state index contributed by atoms with van der Waals surface area (Å²) in [7, 11) is 6.76. The molecule has 0 aromatic heterocycles. The molecule has 15 heavy (non-hydrogen) atoms. The minimum absolute atomic E-state index is 0.138. The Morgan fingerprint density at radius 2 is 2.27 bits per heavy atom. The van der Waals surface area contributed by atoms with E-state index in [2.05, 4.69) is 21.0 Å². The number of likely N-dealkylation sites (N-methyl/N-ethyl adjacent to an activating group) is 1. The molecule has 87 valence electrons. The van der Waals surface area contributed by atoms with Gasteiger partial charge in [-0.1, -0.05) is 0 Å². The predicted molar refractivity (Wildman–Crippen MR) is 52.3 cm³/mol. The van der Waals surface area contributed by atoms with Crippen molar-refractivity contribution in [2.24, 2.45) is 0 Å². The van der Waals surface area contributed by atoms with E-state index in [-0.39, 0.29) is 5.97 Å². The molecule has 0 aromatic rings. The molecule has 0 saturated carbocycles. The molecule has 1 unspecified atom stereocenters. The third-order valence-electron chi connectivity index (χ3n) is 2.26. The Morgan fingerprint density at radius 3 is 2.67 bits per heavy atom. The van der Waals surface area contributed by atoms with Gasteiger partial charge in [0.25, 0.3) is 1.45 Å². The van der Waals surface area contributed by atoms with Crippen LogP contribution in [0.25, 0.3) is 0 Å². The van der Waals surface area contributed by atoms with Crippen molar-refractivity contribution >= 4 is 13.7 Å². The molecular formula is C8H17BFNO4+. The topological polar surface area (TPSA) is 52.6 Å². The zero-order valence-corrected chi connectivity index (χ0v) is 9.07. The molecule has 0 bridgehead atoms. The number of methoxy groups -OCH3 is 1. The second-order valence-electron chi connectivity index (χ2n) is 3.43. The summed E-state index contributed by atoms with van der Waals surface area (Å²) in [5.74, 6) is -0.138. The molecular weight excluding hydrogens is 204 g/mol. The first-order valence-electron chi connectivity index (χ1n) is 4.76. The van der Waals surface area contributed by atoms with Crippen LogP contribution in [0.3, 0.4) is 0 Å². The number of carbonyl (C=O) groups is 1. The first-order chi connectivity index (χ1) is 7.66.